The van der Waals surface area contributed by atoms with Crippen molar-refractivity contribution in [1.29, 1.82) is 0 Å². The molecule has 1 aliphatic heterocycles. The summed E-state index contributed by atoms with van der Waals surface area (Å²) in [5, 5.41) is 8.58. The van der Waals surface area contributed by atoms with Crippen molar-refractivity contribution in [2.24, 2.45) is 0 Å². The van der Waals surface area contributed by atoms with Crippen LogP contribution >= 0.6 is 27.7 Å². The maximum absolute atomic E-state index is 13.1. The number of benzene rings is 1. The molecule has 1 aromatic carbocycles. The number of rotatable bonds is 8. The lowest BCUT2D eigenvalue weighted by molar-refractivity contribution is -0.132. The molecule has 1 aromatic heterocycles. The van der Waals surface area contributed by atoms with Crippen molar-refractivity contribution >= 4 is 43.4 Å². The highest BCUT2D eigenvalue weighted by Gasteiger charge is 2.39. The van der Waals surface area contributed by atoms with Gasteiger partial charge in [-0.25, -0.2) is 13.1 Å². The first kappa shape index (κ1) is 23.4. The molecule has 2 N–H and O–H groups in total. The fourth-order valence-corrected chi connectivity index (χ4v) is 7.13. The first-order valence-electron chi connectivity index (χ1n) is 10.5. The number of hydrogen-bond donors (Lipinski definition) is 1. The van der Waals surface area contributed by atoms with Crippen molar-refractivity contribution in [3.8, 4) is 5.75 Å². The molecule has 1 amide bonds. The van der Waals surface area contributed by atoms with Crippen molar-refractivity contribution < 1.29 is 17.9 Å². The minimum atomic E-state index is -3.07. The Labute approximate surface area is 200 Å². The summed E-state index contributed by atoms with van der Waals surface area (Å²) in [7, 11) is -3.07. The Kier molecular flexibility index (Phi) is 7.30. The van der Waals surface area contributed by atoms with Crippen LogP contribution in [0.1, 0.15) is 37.9 Å². The molecule has 0 unspecified atom stereocenters. The molecule has 174 valence electrons. The number of sulfone groups is 1. The van der Waals surface area contributed by atoms with Gasteiger partial charge in [-0.05, 0) is 37.5 Å². The summed E-state index contributed by atoms with van der Waals surface area (Å²) < 4.78 is 31.9. The molecule has 2 aromatic rings. The highest BCUT2D eigenvalue weighted by Crippen LogP contribution is 2.30. The van der Waals surface area contributed by atoms with Gasteiger partial charge in [0.25, 0.3) is 0 Å². The summed E-state index contributed by atoms with van der Waals surface area (Å²) in [6.45, 7) is 0.141. The van der Waals surface area contributed by atoms with Crippen LogP contribution in [0, 0.1) is 0 Å². The van der Waals surface area contributed by atoms with E-state index in [0.29, 0.717) is 23.2 Å². The molecule has 1 aliphatic carbocycles. The molecule has 1 saturated heterocycles. The van der Waals surface area contributed by atoms with Crippen LogP contribution < -0.4 is 10.6 Å². The van der Waals surface area contributed by atoms with E-state index >= 15 is 0 Å². The smallest absolute Gasteiger partial charge is 0.233 e. The number of carbonyl (C=O) groups excluding carboxylic acids is 1. The molecular formula is C20H26BrN5O4S2. The third kappa shape index (κ3) is 5.57. The molecule has 0 spiro atoms. The summed E-state index contributed by atoms with van der Waals surface area (Å²) >= 11 is 4.60. The monoisotopic (exact) mass is 543 g/mol. The Hall–Kier alpha value is -1.79. The highest BCUT2D eigenvalue weighted by atomic mass is 79.9. The molecule has 9 nitrogen and oxygen atoms in total. The van der Waals surface area contributed by atoms with Gasteiger partial charge in [-0.1, -0.05) is 46.6 Å². The molecule has 12 heteroatoms. The average molecular weight is 544 g/mol. The lowest BCUT2D eigenvalue weighted by atomic mass is 10.1. The molecule has 0 bridgehead atoms. The van der Waals surface area contributed by atoms with Gasteiger partial charge in [0.1, 0.15) is 12.4 Å². The summed E-state index contributed by atoms with van der Waals surface area (Å²) in [4.78, 5) is 15.0. The first-order valence-corrected chi connectivity index (χ1v) is 14.1. The number of nitrogen functional groups attached to an aromatic ring is 1. The Bertz CT molecular complexity index is 1070. The molecule has 2 heterocycles. The topological polar surface area (TPSA) is 120 Å². The average Bonchev–Trinajstić information content (AvgIpc) is 3.47. The zero-order chi connectivity index (χ0) is 22.7. The molecule has 0 radical (unpaired) electrons. The van der Waals surface area contributed by atoms with Gasteiger partial charge in [0.2, 0.25) is 11.1 Å². The van der Waals surface area contributed by atoms with Crippen LogP contribution in [-0.4, -0.2) is 63.4 Å². The normalized spacial score (nSPS) is 20.5. The minimum absolute atomic E-state index is 0.0596. The summed E-state index contributed by atoms with van der Waals surface area (Å²) in [5.41, 5.74) is 0. The van der Waals surface area contributed by atoms with Gasteiger partial charge in [0.05, 0.1) is 17.3 Å². The van der Waals surface area contributed by atoms with Gasteiger partial charge in [-0.3, -0.25) is 4.79 Å². The number of amides is 1. The third-order valence-corrected chi connectivity index (χ3v) is 9.00. The van der Waals surface area contributed by atoms with E-state index in [2.05, 4.69) is 26.1 Å². The second-order valence-corrected chi connectivity index (χ2v) is 12.2. The van der Waals surface area contributed by atoms with Crippen molar-refractivity contribution in [2.75, 3.05) is 23.1 Å². The maximum Gasteiger partial charge on any atom is 0.233 e. The number of ether oxygens (including phenoxy) is 1. The number of thioether (sulfide) groups is 1. The van der Waals surface area contributed by atoms with Gasteiger partial charge < -0.3 is 15.5 Å². The van der Waals surface area contributed by atoms with Gasteiger partial charge in [0, 0.05) is 16.6 Å². The molecule has 4 rings (SSSR count). The van der Waals surface area contributed by atoms with Gasteiger partial charge in [-0.2, -0.15) is 0 Å². The number of halogens is 1. The summed E-state index contributed by atoms with van der Waals surface area (Å²) in [6.07, 6.45) is 4.51. The first-order chi connectivity index (χ1) is 15.3. The molecule has 32 heavy (non-hydrogen) atoms. The van der Waals surface area contributed by atoms with Crippen LogP contribution in [0.25, 0.3) is 0 Å². The lowest BCUT2D eigenvalue weighted by Crippen LogP contribution is -2.47. The van der Waals surface area contributed by atoms with Crippen molar-refractivity contribution in [1.82, 2.24) is 19.8 Å². The van der Waals surface area contributed by atoms with Crippen LogP contribution in [0.3, 0.4) is 0 Å². The maximum atomic E-state index is 13.1. The predicted octanol–water partition coefficient (Wildman–Crippen LogP) is 2.38. The third-order valence-electron chi connectivity index (χ3n) is 5.83. The largest absolute Gasteiger partial charge is 0.485 e. The molecule has 1 atom stereocenters. The molecule has 1 saturated carbocycles. The molecule has 2 aliphatic rings. The lowest BCUT2D eigenvalue weighted by Gasteiger charge is -2.34. The highest BCUT2D eigenvalue weighted by molar-refractivity contribution is 9.10. The quantitative estimate of drug-likeness (QED) is 0.398. The van der Waals surface area contributed by atoms with Crippen LogP contribution in [0.15, 0.2) is 33.9 Å². The van der Waals surface area contributed by atoms with E-state index in [9.17, 15) is 13.2 Å². The molecular weight excluding hydrogens is 518 g/mol. The summed E-state index contributed by atoms with van der Waals surface area (Å²) in [5.74, 6) is 7.50. The number of carbonyl (C=O) groups is 1. The number of hydrogen-bond acceptors (Lipinski definition) is 8. The van der Waals surface area contributed by atoms with E-state index in [1.807, 2.05) is 29.2 Å². The van der Waals surface area contributed by atoms with Crippen LogP contribution in [-0.2, 0) is 21.2 Å². The second-order valence-electron chi connectivity index (χ2n) is 8.10. The second kappa shape index (κ2) is 10.0. The fourth-order valence-electron chi connectivity index (χ4n) is 4.29. The Morgan fingerprint density at radius 1 is 1.25 bits per heavy atom. The number of nitrogens with zero attached hydrogens (tertiary/aromatic N) is 4. The van der Waals surface area contributed by atoms with E-state index in [0.717, 1.165) is 30.2 Å². The van der Waals surface area contributed by atoms with Crippen molar-refractivity contribution in [3.63, 3.8) is 0 Å². The zero-order valence-electron chi connectivity index (χ0n) is 17.5. The van der Waals surface area contributed by atoms with E-state index in [4.69, 9.17) is 10.6 Å². The standard InChI is InChI=1S/C20H26BrN5O4S2/c21-14-4-3-7-17(10-14)30-11-18-23-24-20(26(18)22)31-12-19(27)25(15-5-1-2-6-15)16-8-9-32(28,29)13-16/h3-4,7,10,15-16H,1-2,5-6,8-9,11-13,22H2/t16-/m1/s1. The van der Waals surface area contributed by atoms with Gasteiger partial charge >= 0.3 is 0 Å². The predicted molar refractivity (Wildman–Crippen MR) is 126 cm³/mol. The van der Waals surface area contributed by atoms with Gasteiger partial charge in [-0.15, -0.1) is 10.2 Å². The van der Waals surface area contributed by atoms with E-state index in [1.165, 1.54) is 16.4 Å². The minimum Gasteiger partial charge on any atom is -0.485 e. The fraction of sp³-hybridized carbons (Fsp3) is 0.550. The van der Waals surface area contributed by atoms with E-state index < -0.39 is 9.84 Å². The number of nitrogens with two attached hydrogens (primary N) is 1. The zero-order valence-corrected chi connectivity index (χ0v) is 20.7. The Morgan fingerprint density at radius 3 is 2.72 bits per heavy atom. The summed E-state index contributed by atoms with van der Waals surface area (Å²) in [6, 6.07) is 7.32. The Balaban J connectivity index is 1.38. The van der Waals surface area contributed by atoms with E-state index in [1.54, 1.807) is 0 Å². The molecule has 2 fully saturated rings. The van der Waals surface area contributed by atoms with Crippen LogP contribution in [0.5, 0.6) is 5.75 Å². The van der Waals surface area contributed by atoms with Crippen LogP contribution in [0.2, 0.25) is 0 Å². The van der Waals surface area contributed by atoms with Gasteiger partial charge in [0.15, 0.2) is 15.7 Å². The Morgan fingerprint density at radius 2 is 2.03 bits per heavy atom. The van der Waals surface area contributed by atoms with Crippen molar-refractivity contribution in [3.05, 3.63) is 34.6 Å². The van der Waals surface area contributed by atoms with Crippen molar-refractivity contribution in [2.45, 2.75) is 56.0 Å². The number of aromatic nitrogens is 3. The SMILES string of the molecule is Nn1c(COc2cccc(Br)c2)nnc1SCC(=O)N(C1CCCC1)[C@@H]1CCS(=O)(=O)C1. The van der Waals surface area contributed by atoms with E-state index in [-0.39, 0.29) is 41.9 Å². The van der Waals surface area contributed by atoms with Crippen LogP contribution in [0.4, 0.5) is 0 Å².